The van der Waals surface area contributed by atoms with Crippen LogP contribution in [-0.4, -0.2) is 0 Å². The molecule has 0 radical (unpaired) electrons. The molecule has 0 unspecified atom stereocenters. The van der Waals surface area contributed by atoms with Crippen molar-refractivity contribution < 1.29 is 8.78 Å². The van der Waals surface area contributed by atoms with Crippen molar-refractivity contribution in [3.63, 3.8) is 0 Å². The second kappa shape index (κ2) is 4.63. The third-order valence-electron chi connectivity index (χ3n) is 2.54. The Morgan fingerprint density at radius 3 is 2.12 bits per heavy atom. The van der Waals surface area contributed by atoms with Crippen molar-refractivity contribution in [2.45, 2.75) is 6.92 Å². The van der Waals surface area contributed by atoms with E-state index in [1.54, 1.807) is 31.2 Å². The molecular formula is C13H8Cl2F2. The first-order valence-electron chi connectivity index (χ1n) is 4.90. The van der Waals surface area contributed by atoms with Crippen LogP contribution in [-0.2, 0) is 0 Å². The van der Waals surface area contributed by atoms with E-state index in [-0.39, 0.29) is 5.02 Å². The highest BCUT2D eigenvalue weighted by molar-refractivity contribution is 6.32. The molecule has 0 amide bonds. The Labute approximate surface area is 108 Å². The minimum Gasteiger partial charge on any atom is -0.206 e. The molecular weight excluding hydrogens is 265 g/mol. The molecule has 0 nitrogen and oxygen atoms in total. The second-order valence-electron chi connectivity index (χ2n) is 3.66. The topological polar surface area (TPSA) is 0 Å². The third kappa shape index (κ3) is 2.28. The Balaban J connectivity index is 2.67. The van der Waals surface area contributed by atoms with Gasteiger partial charge in [0.2, 0.25) is 0 Å². The predicted molar refractivity (Wildman–Crippen MR) is 66.6 cm³/mol. The highest BCUT2D eigenvalue weighted by Gasteiger charge is 2.15. The summed E-state index contributed by atoms with van der Waals surface area (Å²) in [6.45, 7) is 1.58. The molecule has 0 N–H and O–H groups in total. The Bertz CT molecular complexity index is 563. The van der Waals surface area contributed by atoms with E-state index in [1.165, 1.54) is 0 Å². The van der Waals surface area contributed by atoms with Crippen molar-refractivity contribution in [1.29, 1.82) is 0 Å². The van der Waals surface area contributed by atoms with E-state index in [0.29, 0.717) is 21.7 Å². The number of rotatable bonds is 1. The Morgan fingerprint density at radius 1 is 0.941 bits per heavy atom. The average Bonchev–Trinajstić information content (AvgIpc) is 2.29. The molecule has 0 aromatic heterocycles. The molecule has 0 atom stereocenters. The van der Waals surface area contributed by atoms with Gasteiger partial charge in [0.05, 0.1) is 5.02 Å². The van der Waals surface area contributed by atoms with Crippen molar-refractivity contribution >= 4 is 23.2 Å². The van der Waals surface area contributed by atoms with Gasteiger partial charge in [0.1, 0.15) is 11.6 Å². The Hall–Kier alpha value is -1.12. The van der Waals surface area contributed by atoms with Crippen LogP contribution >= 0.6 is 23.2 Å². The van der Waals surface area contributed by atoms with Crippen LogP contribution in [0.25, 0.3) is 11.1 Å². The molecule has 0 bridgehead atoms. The first-order valence-corrected chi connectivity index (χ1v) is 5.66. The Morgan fingerprint density at radius 2 is 1.53 bits per heavy atom. The monoisotopic (exact) mass is 272 g/mol. The minimum absolute atomic E-state index is 0.0589. The molecule has 0 aliphatic carbocycles. The van der Waals surface area contributed by atoms with E-state index in [1.807, 2.05) is 0 Å². The standard InChI is InChI=1S/C13H8Cl2F2/c1-7-12(8-2-4-9(14)5-3-8)10(16)6-11(17)13(7)15/h2-6H,1H3. The summed E-state index contributed by atoms with van der Waals surface area (Å²) in [4.78, 5) is 0. The molecule has 2 rings (SSSR count). The molecule has 0 heterocycles. The molecule has 0 fully saturated rings. The van der Waals surface area contributed by atoms with E-state index < -0.39 is 11.6 Å². The summed E-state index contributed by atoms with van der Waals surface area (Å²) < 4.78 is 27.0. The zero-order chi connectivity index (χ0) is 12.6. The van der Waals surface area contributed by atoms with E-state index in [4.69, 9.17) is 23.2 Å². The lowest BCUT2D eigenvalue weighted by Gasteiger charge is -2.10. The predicted octanol–water partition coefficient (Wildman–Crippen LogP) is 5.25. The van der Waals surface area contributed by atoms with Crippen LogP contribution in [0.5, 0.6) is 0 Å². The van der Waals surface area contributed by atoms with Gasteiger partial charge in [-0.05, 0) is 30.2 Å². The van der Waals surface area contributed by atoms with Gasteiger partial charge in [-0.3, -0.25) is 0 Å². The van der Waals surface area contributed by atoms with Gasteiger partial charge < -0.3 is 0 Å². The zero-order valence-corrected chi connectivity index (χ0v) is 10.4. The number of benzene rings is 2. The van der Waals surface area contributed by atoms with E-state index in [0.717, 1.165) is 6.07 Å². The molecule has 0 spiro atoms. The van der Waals surface area contributed by atoms with Crippen LogP contribution in [0.15, 0.2) is 30.3 Å². The molecule has 0 aliphatic rings. The summed E-state index contributed by atoms with van der Waals surface area (Å²) in [5.74, 6) is -1.38. The average molecular weight is 273 g/mol. The summed E-state index contributed by atoms with van der Waals surface area (Å²) in [5, 5.41) is 0.497. The summed E-state index contributed by atoms with van der Waals surface area (Å²) in [6.07, 6.45) is 0. The van der Waals surface area contributed by atoms with E-state index >= 15 is 0 Å². The smallest absolute Gasteiger partial charge is 0.145 e. The number of halogens is 4. The summed E-state index contributed by atoms with van der Waals surface area (Å²) in [7, 11) is 0. The molecule has 88 valence electrons. The fourth-order valence-corrected chi connectivity index (χ4v) is 1.96. The number of hydrogen-bond donors (Lipinski definition) is 0. The van der Waals surface area contributed by atoms with Gasteiger partial charge in [-0.2, -0.15) is 0 Å². The van der Waals surface area contributed by atoms with Crippen molar-refractivity contribution in [2.24, 2.45) is 0 Å². The van der Waals surface area contributed by atoms with Gasteiger partial charge in [-0.25, -0.2) is 8.78 Å². The fourth-order valence-electron chi connectivity index (χ4n) is 1.69. The molecule has 17 heavy (non-hydrogen) atoms. The molecule has 0 saturated carbocycles. The van der Waals surface area contributed by atoms with E-state index in [2.05, 4.69) is 0 Å². The van der Waals surface area contributed by atoms with E-state index in [9.17, 15) is 8.78 Å². The van der Waals surface area contributed by atoms with Crippen LogP contribution in [0.4, 0.5) is 8.78 Å². The van der Waals surface area contributed by atoms with Crippen LogP contribution in [0, 0.1) is 18.6 Å². The van der Waals surface area contributed by atoms with Gasteiger partial charge in [0, 0.05) is 16.7 Å². The van der Waals surface area contributed by atoms with Crippen molar-refractivity contribution in [3.05, 3.63) is 57.6 Å². The SMILES string of the molecule is Cc1c(Cl)c(F)cc(F)c1-c1ccc(Cl)cc1. The maximum Gasteiger partial charge on any atom is 0.145 e. The molecule has 2 aromatic rings. The lowest BCUT2D eigenvalue weighted by molar-refractivity contribution is 0.584. The molecule has 4 heteroatoms. The summed E-state index contributed by atoms with van der Waals surface area (Å²) >= 11 is 11.5. The highest BCUT2D eigenvalue weighted by Crippen LogP contribution is 2.33. The van der Waals surface area contributed by atoms with Crippen LogP contribution in [0.3, 0.4) is 0 Å². The van der Waals surface area contributed by atoms with Crippen LogP contribution in [0.1, 0.15) is 5.56 Å². The lowest BCUT2D eigenvalue weighted by Crippen LogP contribution is -1.93. The third-order valence-corrected chi connectivity index (χ3v) is 3.26. The molecule has 0 saturated heterocycles. The normalized spacial score (nSPS) is 10.6. The second-order valence-corrected chi connectivity index (χ2v) is 4.48. The summed E-state index contributed by atoms with van der Waals surface area (Å²) in [6, 6.07) is 7.42. The molecule has 0 aliphatic heterocycles. The summed E-state index contributed by atoms with van der Waals surface area (Å²) in [5.41, 5.74) is 1.30. The molecule has 2 aromatic carbocycles. The Kier molecular flexibility index (Phi) is 3.36. The van der Waals surface area contributed by atoms with Gasteiger partial charge in [-0.15, -0.1) is 0 Å². The maximum atomic E-state index is 13.7. The maximum absolute atomic E-state index is 13.7. The van der Waals surface area contributed by atoms with Gasteiger partial charge in [0.25, 0.3) is 0 Å². The van der Waals surface area contributed by atoms with Crippen LogP contribution in [0.2, 0.25) is 10.0 Å². The van der Waals surface area contributed by atoms with Crippen molar-refractivity contribution in [3.8, 4) is 11.1 Å². The van der Waals surface area contributed by atoms with Crippen molar-refractivity contribution in [1.82, 2.24) is 0 Å². The zero-order valence-electron chi connectivity index (χ0n) is 8.90. The number of hydrogen-bond acceptors (Lipinski definition) is 0. The van der Waals surface area contributed by atoms with Crippen LogP contribution < -0.4 is 0 Å². The highest BCUT2D eigenvalue weighted by atomic mass is 35.5. The van der Waals surface area contributed by atoms with Gasteiger partial charge in [0.15, 0.2) is 0 Å². The fraction of sp³-hybridized carbons (Fsp3) is 0.0769. The lowest BCUT2D eigenvalue weighted by atomic mass is 10.00. The van der Waals surface area contributed by atoms with Gasteiger partial charge in [-0.1, -0.05) is 35.3 Å². The quantitative estimate of drug-likeness (QED) is 0.623. The first kappa shape index (κ1) is 12.3. The van der Waals surface area contributed by atoms with Crippen molar-refractivity contribution in [2.75, 3.05) is 0 Å². The largest absolute Gasteiger partial charge is 0.206 e. The minimum atomic E-state index is -0.751. The van der Waals surface area contributed by atoms with Gasteiger partial charge >= 0.3 is 0 Å². The first-order chi connectivity index (χ1) is 8.00.